The topological polar surface area (TPSA) is 35.6 Å². The molecule has 86 valence electrons. The number of hydrogen-bond donors (Lipinski definition) is 1. The van der Waals surface area contributed by atoms with E-state index < -0.39 is 0 Å². The normalized spacial score (nSPS) is 16.0. The van der Waals surface area contributed by atoms with Crippen LogP contribution in [-0.2, 0) is 11.3 Å². The molecule has 1 aliphatic rings. The molecule has 16 heavy (non-hydrogen) atoms. The fraction of sp³-hybridized carbons (Fsp3) is 0.417. The van der Waals surface area contributed by atoms with E-state index in [-0.39, 0.29) is 5.91 Å². The molecule has 0 atom stereocenters. The second kappa shape index (κ2) is 4.53. The number of benzene rings is 1. The third-order valence-corrected chi connectivity index (χ3v) is 2.88. The fourth-order valence-corrected chi connectivity index (χ4v) is 1.94. The second-order valence-corrected chi connectivity index (χ2v) is 3.99. The smallest absolute Gasteiger partial charge is 0.242 e. The van der Waals surface area contributed by atoms with Gasteiger partial charge in [-0.05, 0) is 24.7 Å². The number of nitrogens with one attached hydrogen (secondary N) is 1. The highest BCUT2D eigenvalue weighted by atomic mass is 16.2. The Morgan fingerprint density at radius 3 is 2.50 bits per heavy atom. The van der Waals surface area contributed by atoms with Crippen LogP contribution in [0.5, 0.6) is 0 Å². The SMILES string of the molecule is CNCc1ccc(N2CCC(=O)N2C)cc1. The molecule has 1 aromatic carbocycles. The van der Waals surface area contributed by atoms with Gasteiger partial charge in [0.1, 0.15) is 0 Å². The third-order valence-electron chi connectivity index (χ3n) is 2.88. The first-order valence-corrected chi connectivity index (χ1v) is 5.50. The van der Waals surface area contributed by atoms with Crippen molar-refractivity contribution in [1.82, 2.24) is 10.3 Å². The molecular weight excluding hydrogens is 202 g/mol. The molecule has 0 spiro atoms. The molecule has 2 rings (SSSR count). The molecular formula is C12H17N3O. The number of rotatable bonds is 3. The van der Waals surface area contributed by atoms with Crippen LogP contribution in [0, 0.1) is 0 Å². The number of hydrazine groups is 1. The van der Waals surface area contributed by atoms with Crippen molar-refractivity contribution in [2.45, 2.75) is 13.0 Å². The average Bonchev–Trinajstić information content (AvgIpc) is 2.62. The molecule has 0 aromatic heterocycles. The predicted octanol–water partition coefficient (Wildman–Crippen LogP) is 0.989. The van der Waals surface area contributed by atoms with Crippen molar-refractivity contribution in [1.29, 1.82) is 0 Å². The molecule has 1 aliphatic heterocycles. The number of carbonyl (C=O) groups excluding carboxylic acids is 1. The number of carbonyl (C=O) groups is 1. The third kappa shape index (κ3) is 2.02. The summed E-state index contributed by atoms with van der Waals surface area (Å²) < 4.78 is 0. The maximum Gasteiger partial charge on any atom is 0.242 e. The van der Waals surface area contributed by atoms with E-state index in [1.54, 1.807) is 5.01 Å². The van der Waals surface area contributed by atoms with Gasteiger partial charge in [0.05, 0.1) is 5.69 Å². The van der Waals surface area contributed by atoms with Gasteiger partial charge in [-0.15, -0.1) is 0 Å². The van der Waals surface area contributed by atoms with Gasteiger partial charge in [0, 0.05) is 26.6 Å². The zero-order valence-electron chi connectivity index (χ0n) is 9.73. The lowest BCUT2D eigenvalue weighted by Crippen LogP contribution is -2.35. The molecule has 4 nitrogen and oxygen atoms in total. The van der Waals surface area contributed by atoms with Crippen molar-refractivity contribution in [2.75, 3.05) is 25.6 Å². The lowest BCUT2D eigenvalue weighted by atomic mass is 10.2. The van der Waals surface area contributed by atoms with Crippen molar-refractivity contribution in [2.24, 2.45) is 0 Å². The van der Waals surface area contributed by atoms with Crippen LogP contribution in [0.25, 0.3) is 0 Å². The van der Waals surface area contributed by atoms with Gasteiger partial charge in [0.25, 0.3) is 0 Å². The monoisotopic (exact) mass is 219 g/mol. The molecule has 1 fully saturated rings. The minimum absolute atomic E-state index is 0.180. The Hall–Kier alpha value is -1.55. The highest BCUT2D eigenvalue weighted by Crippen LogP contribution is 2.21. The lowest BCUT2D eigenvalue weighted by Gasteiger charge is -2.26. The first-order chi connectivity index (χ1) is 7.72. The van der Waals surface area contributed by atoms with Crippen molar-refractivity contribution in [3.05, 3.63) is 29.8 Å². The number of anilines is 1. The standard InChI is InChI=1S/C12H17N3O/c1-13-9-10-3-5-11(6-4-10)15-8-7-12(16)14(15)2/h3-6,13H,7-9H2,1-2H3. The maximum atomic E-state index is 11.4. The van der Waals surface area contributed by atoms with Gasteiger partial charge in [-0.1, -0.05) is 12.1 Å². The van der Waals surface area contributed by atoms with Crippen LogP contribution in [-0.4, -0.2) is 31.6 Å². The molecule has 1 amide bonds. The van der Waals surface area contributed by atoms with Crippen LogP contribution in [0.1, 0.15) is 12.0 Å². The van der Waals surface area contributed by atoms with E-state index in [4.69, 9.17) is 0 Å². The van der Waals surface area contributed by atoms with E-state index in [1.165, 1.54) is 5.56 Å². The molecule has 1 N–H and O–H groups in total. The van der Waals surface area contributed by atoms with Crippen molar-refractivity contribution in [3.63, 3.8) is 0 Å². The Morgan fingerprint density at radius 1 is 1.31 bits per heavy atom. The van der Waals surface area contributed by atoms with E-state index >= 15 is 0 Å². The van der Waals surface area contributed by atoms with Crippen molar-refractivity contribution in [3.8, 4) is 0 Å². The molecule has 4 heteroatoms. The van der Waals surface area contributed by atoms with Gasteiger partial charge in [-0.3, -0.25) is 14.8 Å². The number of nitrogens with zero attached hydrogens (tertiary/aromatic N) is 2. The molecule has 0 bridgehead atoms. The van der Waals surface area contributed by atoms with Gasteiger partial charge < -0.3 is 5.32 Å². The van der Waals surface area contributed by atoms with Crippen LogP contribution in [0.3, 0.4) is 0 Å². The van der Waals surface area contributed by atoms with E-state index in [1.807, 2.05) is 19.1 Å². The van der Waals surface area contributed by atoms with E-state index in [2.05, 4.69) is 29.6 Å². The molecule has 1 aromatic rings. The summed E-state index contributed by atoms with van der Waals surface area (Å²) in [4.78, 5) is 11.4. The summed E-state index contributed by atoms with van der Waals surface area (Å²) in [6.07, 6.45) is 0.606. The molecule has 0 aliphatic carbocycles. The summed E-state index contributed by atoms with van der Waals surface area (Å²) in [5, 5.41) is 6.80. The van der Waals surface area contributed by atoms with Gasteiger partial charge in [0.2, 0.25) is 5.91 Å². The van der Waals surface area contributed by atoms with Crippen LogP contribution in [0.2, 0.25) is 0 Å². The van der Waals surface area contributed by atoms with Gasteiger partial charge in [-0.25, -0.2) is 0 Å². The van der Waals surface area contributed by atoms with Crippen LogP contribution in [0.4, 0.5) is 5.69 Å². The summed E-state index contributed by atoms with van der Waals surface area (Å²) in [5.74, 6) is 0.180. The van der Waals surface area contributed by atoms with E-state index in [9.17, 15) is 4.79 Å². The summed E-state index contributed by atoms with van der Waals surface area (Å²) >= 11 is 0. The Kier molecular flexibility index (Phi) is 3.10. The van der Waals surface area contributed by atoms with Crippen LogP contribution in [0.15, 0.2) is 24.3 Å². The second-order valence-electron chi connectivity index (χ2n) is 3.99. The summed E-state index contributed by atoms with van der Waals surface area (Å²) in [7, 11) is 3.75. The molecule has 0 radical (unpaired) electrons. The van der Waals surface area contributed by atoms with Gasteiger partial charge in [0.15, 0.2) is 0 Å². The molecule has 0 saturated carbocycles. The lowest BCUT2D eigenvalue weighted by molar-refractivity contribution is -0.126. The zero-order valence-corrected chi connectivity index (χ0v) is 9.73. The Labute approximate surface area is 95.8 Å². The fourth-order valence-electron chi connectivity index (χ4n) is 1.94. The number of hydrogen-bond acceptors (Lipinski definition) is 3. The Bertz CT molecular complexity index is 374. The van der Waals surface area contributed by atoms with Crippen molar-refractivity contribution >= 4 is 11.6 Å². The van der Waals surface area contributed by atoms with Crippen LogP contribution >= 0.6 is 0 Å². The van der Waals surface area contributed by atoms with E-state index in [0.717, 1.165) is 18.8 Å². The van der Waals surface area contributed by atoms with E-state index in [0.29, 0.717) is 6.42 Å². The number of amides is 1. The zero-order chi connectivity index (χ0) is 11.5. The highest BCUT2D eigenvalue weighted by molar-refractivity contribution is 5.81. The highest BCUT2D eigenvalue weighted by Gasteiger charge is 2.25. The first kappa shape index (κ1) is 11.0. The summed E-state index contributed by atoms with van der Waals surface area (Å²) in [6.45, 7) is 1.65. The van der Waals surface area contributed by atoms with Crippen LogP contribution < -0.4 is 10.3 Å². The molecule has 1 saturated heterocycles. The molecule has 1 heterocycles. The minimum atomic E-state index is 0.180. The largest absolute Gasteiger partial charge is 0.316 e. The molecule has 0 unspecified atom stereocenters. The Balaban J connectivity index is 2.13. The Morgan fingerprint density at radius 2 is 2.00 bits per heavy atom. The summed E-state index contributed by atoms with van der Waals surface area (Å²) in [6, 6.07) is 8.29. The minimum Gasteiger partial charge on any atom is -0.316 e. The summed E-state index contributed by atoms with van der Waals surface area (Å²) in [5.41, 5.74) is 2.33. The first-order valence-electron chi connectivity index (χ1n) is 5.50. The van der Waals surface area contributed by atoms with Gasteiger partial charge >= 0.3 is 0 Å². The average molecular weight is 219 g/mol. The maximum absolute atomic E-state index is 11.4. The van der Waals surface area contributed by atoms with Gasteiger partial charge in [-0.2, -0.15) is 0 Å². The quantitative estimate of drug-likeness (QED) is 0.823. The predicted molar refractivity (Wildman–Crippen MR) is 63.9 cm³/mol. The van der Waals surface area contributed by atoms with Crippen molar-refractivity contribution < 1.29 is 4.79 Å².